The number of thiophene rings is 1. The molecule has 0 bridgehead atoms. The third-order valence-electron chi connectivity index (χ3n) is 1.83. The first-order chi connectivity index (χ1) is 7.45. The second kappa shape index (κ2) is 6.26. The van der Waals surface area contributed by atoms with E-state index in [-0.39, 0.29) is 0 Å². The Bertz CT molecular complexity index is 367. The van der Waals surface area contributed by atoms with E-state index >= 15 is 0 Å². The van der Waals surface area contributed by atoms with E-state index in [0.29, 0.717) is 0 Å². The maximum Gasteiger partial charge on any atom is 0.0598 e. The minimum Gasteiger partial charge on any atom is -0.137 e. The lowest BCUT2D eigenvalue weighted by Gasteiger charge is -1.99. The lowest BCUT2D eigenvalue weighted by molar-refractivity contribution is 1.43. The minimum atomic E-state index is 1.17. The Morgan fingerprint density at radius 3 is 2.40 bits per heavy atom. The van der Waals surface area contributed by atoms with Crippen molar-refractivity contribution in [3.05, 3.63) is 47.8 Å². The highest BCUT2D eigenvalue weighted by molar-refractivity contribution is 8.03. The lowest BCUT2D eigenvalue weighted by Crippen LogP contribution is -1.82. The van der Waals surface area contributed by atoms with Crippen molar-refractivity contribution < 1.29 is 0 Å². The van der Waals surface area contributed by atoms with E-state index in [1.54, 1.807) is 0 Å². The molecular formula is C12H12S3. The minimum absolute atomic E-state index is 1.17. The average molecular weight is 252 g/mol. The van der Waals surface area contributed by atoms with Crippen LogP contribution in [0.1, 0.15) is 0 Å². The van der Waals surface area contributed by atoms with Gasteiger partial charge in [0.1, 0.15) is 0 Å². The van der Waals surface area contributed by atoms with Crippen molar-refractivity contribution >= 4 is 34.9 Å². The molecule has 15 heavy (non-hydrogen) atoms. The summed E-state index contributed by atoms with van der Waals surface area (Å²) in [4.78, 5) is 1.37. The second-order valence-corrected chi connectivity index (χ2v) is 6.45. The fraction of sp³-hybridized carbons (Fsp3) is 0.167. The first kappa shape index (κ1) is 11.1. The van der Waals surface area contributed by atoms with Gasteiger partial charge in [-0.1, -0.05) is 24.3 Å². The van der Waals surface area contributed by atoms with Crippen molar-refractivity contribution in [1.29, 1.82) is 0 Å². The summed E-state index contributed by atoms with van der Waals surface area (Å²) < 4.78 is 1.42. The monoisotopic (exact) mass is 252 g/mol. The summed E-state index contributed by atoms with van der Waals surface area (Å²) >= 11 is 5.69. The van der Waals surface area contributed by atoms with Gasteiger partial charge in [0.25, 0.3) is 0 Å². The standard InChI is InChI=1S/C12H12S3/c1-2-5-11(6-3-1)13-9-10-15-12-7-4-8-14-12/h1-8H,9-10H2. The summed E-state index contributed by atoms with van der Waals surface area (Å²) in [5, 5.41) is 2.13. The van der Waals surface area contributed by atoms with Crippen LogP contribution in [0.5, 0.6) is 0 Å². The lowest BCUT2D eigenvalue weighted by atomic mass is 10.4. The Balaban J connectivity index is 1.68. The smallest absolute Gasteiger partial charge is 0.0598 e. The van der Waals surface area contributed by atoms with Crippen LogP contribution in [-0.4, -0.2) is 11.5 Å². The van der Waals surface area contributed by atoms with Gasteiger partial charge in [-0.25, -0.2) is 0 Å². The van der Waals surface area contributed by atoms with E-state index in [1.165, 1.54) is 20.6 Å². The topological polar surface area (TPSA) is 0 Å². The molecule has 0 unspecified atom stereocenters. The van der Waals surface area contributed by atoms with Gasteiger partial charge in [0, 0.05) is 16.4 Å². The van der Waals surface area contributed by atoms with Crippen LogP contribution in [0.2, 0.25) is 0 Å². The van der Waals surface area contributed by atoms with Crippen LogP contribution in [0.4, 0.5) is 0 Å². The SMILES string of the molecule is c1ccc(SCCSc2cccs2)cc1. The zero-order valence-corrected chi connectivity index (χ0v) is 10.7. The van der Waals surface area contributed by atoms with E-state index in [9.17, 15) is 0 Å². The molecule has 0 aliphatic heterocycles. The molecule has 0 aliphatic rings. The van der Waals surface area contributed by atoms with Crippen LogP contribution in [-0.2, 0) is 0 Å². The van der Waals surface area contributed by atoms with E-state index in [0.717, 1.165) is 0 Å². The zero-order valence-electron chi connectivity index (χ0n) is 8.26. The van der Waals surface area contributed by atoms with Gasteiger partial charge in [-0.2, -0.15) is 0 Å². The Morgan fingerprint density at radius 2 is 1.67 bits per heavy atom. The van der Waals surface area contributed by atoms with Crippen LogP contribution in [0.25, 0.3) is 0 Å². The first-order valence-electron chi connectivity index (χ1n) is 4.79. The van der Waals surface area contributed by atoms with Crippen LogP contribution >= 0.6 is 34.9 Å². The highest BCUT2D eigenvalue weighted by Gasteiger charge is 1.95. The zero-order chi connectivity index (χ0) is 10.3. The summed E-state index contributed by atoms with van der Waals surface area (Å²) in [7, 11) is 0. The van der Waals surface area contributed by atoms with Crippen LogP contribution in [0.3, 0.4) is 0 Å². The molecule has 0 aliphatic carbocycles. The van der Waals surface area contributed by atoms with E-state index in [4.69, 9.17) is 0 Å². The summed E-state index contributed by atoms with van der Waals surface area (Å²) in [6, 6.07) is 14.9. The molecule has 3 heteroatoms. The van der Waals surface area contributed by atoms with E-state index in [2.05, 4.69) is 47.8 Å². The van der Waals surface area contributed by atoms with Crippen LogP contribution in [0, 0.1) is 0 Å². The van der Waals surface area contributed by atoms with Crippen molar-refractivity contribution in [1.82, 2.24) is 0 Å². The van der Waals surface area contributed by atoms with Gasteiger partial charge >= 0.3 is 0 Å². The molecule has 1 aromatic heterocycles. The molecule has 0 nitrogen and oxygen atoms in total. The highest BCUT2D eigenvalue weighted by atomic mass is 32.2. The molecule has 2 rings (SSSR count). The first-order valence-corrected chi connectivity index (χ1v) is 7.64. The van der Waals surface area contributed by atoms with E-state index < -0.39 is 0 Å². The number of thioether (sulfide) groups is 2. The molecule has 0 N–H and O–H groups in total. The van der Waals surface area contributed by atoms with Crippen molar-refractivity contribution in [3.63, 3.8) is 0 Å². The molecule has 0 saturated heterocycles. The van der Waals surface area contributed by atoms with Crippen LogP contribution in [0.15, 0.2) is 56.9 Å². The fourth-order valence-corrected chi connectivity index (χ4v) is 3.93. The van der Waals surface area contributed by atoms with Crippen molar-refractivity contribution in [2.24, 2.45) is 0 Å². The van der Waals surface area contributed by atoms with Gasteiger partial charge in [0.15, 0.2) is 0 Å². The molecule has 0 fully saturated rings. The summed E-state index contributed by atoms with van der Waals surface area (Å²) in [5.41, 5.74) is 0. The maximum absolute atomic E-state index is 2.18. The molecule has 0 spiro atoms. The molecule has 78 valence electrons. The molecule has 0 atom stereocenters. The van der Waals surface area contributed by atoms with Gasteiger partial charge in [0.2, 0.25) is 0 Å². The Morgan fingerprint density at radius 1 is 0.867 bits per heavy atom. The molecule has 0 radical (unpaired) electrons. The van der Waals surface area contributed by atoms with Gasteiger partial charge in [-0.15, -0.1) is 34.9 Å². The van der Waals surface area contributed by atoms with Gasteiger partial charge in [0.05, 0.1) is 4.21 Å². The average Bonchev–Trinajstić information content (AvgIpc) is 2.79. The van der Waals surface area contributed by atoms with Crippen molar-refractivity contribution in [3.8, 4) is 0 Å². The molecule has 0 amide bonds. The fourth-order valence-electron chi connectivity index (χ4n) is 1.16. The molecule has 2 aromatic rings. The van der Waals surface area contributed by atoms with Gasteiger partial charge < -0.3 is 0 Å². The normalized spacial score (nSPS) is 10.4. The van der Waals surface area contributed by atoms with E-state index in [1.807, 2.05) is 34.9 Å². The van der Waals surface area contributed by atoms with Gasteiger partial charge in [-0.3, -0.25) is 0 Å². The molecule has 1 aromatic carbocycles. The summed E-state index contributed by atoms with van der Waals surface area (Å²) in [5.74, 6) is 2.35. The predicted octanol–water partition coefficient (Wildman–Crippen LogP) is 4.63. The van der Waals surface area contributed by atoms with Crippen molar-refractivity contribution in [2.75, 3.05) is 11.5 Å². The Labute approximate surface area is 103 Å². The third kappa shape index (κ3) is 3.93. The Kier molecular flexibility index (Phi) is 4.64. The number of benzene rings is 1. The highest BCUT2D eigenvalue weighted by Crippen LogP contribution is 2.25. The van der Waals surface area contributed by atoms with Crippen LogP contribution < -0.4 is 0 Å². The predicted molar refractivity (Wildman–Crippen MR) is 72.2 cm³/mol. The molecular weight excluding hydrogens is 240 g/mol. The number of hydrogen-bond acceptors (Lipinski definition) is 3. The summed E-state index contributed by atoms with van der Waals surface area (Å²) in [6.07, 6.45) is 0. The molecule has 0 saturated carbocycles. The van der Waals surface area contributed by atoms with Crippen molar-refractivity contribution in [2.45, 2.75) is 9.10 Å². The quantitative estimate of drug-likeness (QED) is 0.562. The second-order valence-electron chi connectivity index (χ2n) is 2.94. The Hall–Kier alpha value is -0.380. The maximum atomic E-state index is 2.18. The largest absolute Gasteiger partial charge is 0.137 e. The summed E-state index contributed by atoms with van der Waals surface area (Å²) in [6.45, 7) is 0. The van der Waals surface area contributed by atoms with Gasteiger partial charge in [-0.05, 0) is 23.6 Å². The number of rotatable bonds is 5. The molecule has 1 heterocycles. The third-order valence-corrected chi connectivity index (χ3v) is 5.24. The number of hydrogen-bond donors (Lipinski definition) is 0.